The first kappa shape index (κ1) is 10.3. The first-order chi connectivity index (χ1) is 7.79. The summed E-state index contributed by atoms with van der Waals surface area (Å²) in [5, 5.41) is 2.60. The number of fused-ring (bicyclic) bond motifs is 1. The van der Waals surface area contributed by atoms with Crippen molar-refractivity contribution < 1.29 is 5.32 Å². The van der Waals surface area contributed by atoms with Gasteiger partial charge in [0.05, 0.1) is 0 Å². The summed E-state index contributed by atoms with van der Waals surface area (Å²) in [5.41, 5.74) is 3.63. The molecule has 1 nitrogen and oxygen atoms in total. The second-order valence-corrected chi connectivity index (χ2v) is 5.80. The molecule has 0 bridgehead atoms. The molecule has 16 heavy (non-hydrogen) atoms. The molecule has 2 N–H and O–H groups in total. The normalized spacial score (nSPS) is 27.7. The number of hydrogen-bond donors (Lipinski definition) is 1. The van der Waals surface area contributed by atoms with E-state index in [2.05, 4.69) is 36.5 Å². The topological polar surface area (TPSA) is 16.6 Å². The van der Waals surface area contributed by atoms with Gasteiger partial charge in [0.25, 0.3) is 0 Å². The molecule has 0 amide bonds. The maximum Gasteiger partial charge on any atom is 0.133 e. The number of nitrogens with two attached hydrogens (primary N) is 1. The Morgan fingerprint density at radius 3 is 2.69 bits per heavy atom. The molecule has 1 saturated carbocycles. The van der Waals surface area contributed by atoms with E-state index in [0.717, 1.165) is 5.92 Å². The predicted molar refractivity (Wildman–Crippen MR) is 66.9 cm³/mol. The van der Waals surface area contributed by atoms with E-state index in [9.17, 15) is 0 Å². The van der Waals surface area contributed by atoms with E-state index >= 15 is 0 Å². The number of benzene rings is 1. The molecule has 1 aromatic carbocycles. The van der Waals surface area contributed by atoms with Crippen molar-refractivity contribution in [2.75, 3.05) is 0 Å². The van der Waals surface area contributed by atoms with Crippen LogP contribution in [-0.2, 0) is 0 Å². The zero-order chi connectivity index (χ0) is 11.0. The van der Waals surface area contributed by atoms with E-state index in [1.807, 2.05) is 0 Å². The van der Waals surface area contributed by atoms with Gasteiger partial charge in [0, 0.05) is 24.8 Å². The summed E-state index contributed by atoms with van der Waals surface area (Å²) in [7, 11) is 0. The van der Waals surface area contributed by atoms with Crippen LogP contribution < -0.4 is 5.32 Å². The van der Waals surface area contributed by atoms with Gasteiger partial charge < -0.3 is 5.32 Å². The maximum atomic E-state index is 2.60. The molecule has 2 aliphatic rings. The lowest BCUT2D eigenvalue weighted by atomic mass is 9.72. The van der Waals surface area contributed by atoms with Crippen molar-refractivity contribution in [3.63, 3.8) is 0 Å². The van der Waals surface area contributed by atoms with Crippen LogP contribution in [0, 0.1) is 0 Å². The molecule has 0 radical (unpaired) electrons. The standard InChI is InChI=1S/C15H21N/c1-12-11-15(9-5-2-6-10-15)16-14-8-4-3-7-13(12)14/h3-4,7-8,12,16H,2,5-6,9-11H2,1H3/p+1. The third-order valence-corrected chi connectivity index (χ3v) is 4.55. The summed E-state index contributed by atoms with van der Waals surface area (Å²) in [6.07, 6.45) is 8.55. The zero-order valence-electron chi connectivity index (χ0n) is 10.2. The van der Waals surface area contributed by atoms with E-state index in [-0.39, 0.29) is 0 Å². The van der Waals surface area contributed by atoms with Crippen molar-refractivity contribution >= 4 is 5.69 Å². The van der Waals surface area contributed by atoms with Gasteiger partial charge in [0.2, 0.25) is 0 Å². The third-order valence-electron chi connectivity index (χ3n) is 4.55. The van der Waals surface area contributed by atoms with E-state index in [1.165, 1.54) is 44.2 Å². The third kappa shape index (κ3) is 1.67. The molecule has 0 aromatic heterocycles. The van der Waals surface area contributed by atoms with Crippen molar-refractivity contribution in [1.82, 2.24) is 0 Å². The van der Waals surface area contributed by atoms with Gasteiger partial charge in [-0.25, -0.2) is 0 Å². The Kier molecular flexibility index (Phi) is 2.51. The smallest absolute Gasteiger partial charge is 0.133 e. The van der Waals surface area contributed by atoms with Crippen LogP contribution in [0.2, 0.25) is 0 Å². The number of hydrogen-bond acceptors (Lipinski definition) is 0. The summed E-state index contributed by atoms with van der Waals surface area (Å²) < 4.78 is 0. The number of quaternary nitrogens is 1. The van der Waals surface area contributed by atoms with E-state index in [1.54, 1.807) is 5.56 Å². The monoisotopic (exact) mass is 216 g/mol. The largest absolute Gasteiger partial charge is 0.309 e. The molecule has 1 fully saturated rings. The van der Waals surface area contributed by atoms with Crippen LogP contribution in [0.25, 0.3) is 0 Å². The Morgan fingerprint density at radius 2 is 1.88 bits per heavy atom. The van der Waals surface area contributed by atoms with Crippen molar-refractivity contribution in [2.45, 2.75) is 56.9 Å². The van der Waals surface area contributed by atoms with E-state index < -0.39 is 0 Å². The highest BCUT2D eigenvalue weighted by Gasteiger charge is 2.41. The van der Waals surface area contributed by atoms with E-state index in [0.29, 0.717) is 5.54 Å². The fraction of sp³-hybridized carbons (Fsp3) is 0.600. The molecular weight excluding hydrogens is 194 g/mol. The van der Waals surface area contributed by atoms with Gasteiger partial charge in [-0.1, -0.05) is 31.5 Å². The first-order valence-electron chi connectivity index (χ1n) is 6.74. The maximum absolute atomic E-state index is 2.60. The van der Waals surface area contributed by atoms with Gasteiger partial charge in [0.15, 0.2) is 0 Å². The number of rotatable bonds is 0. The Hall–Kier alpha value is -0.820. The van der Waals surface area contributed by atoms with Crippen molar-refractivity contribution in [2.24, 2.45) is 0 Å². The fourth-order valence-electron chi connectivity index (χ4n) is 3.80. The lowest BCUT2D eigenvalue weighted by Crippen LogP contribution is -2.94. The molecule has 3 rings (SSSR count). The summed E-state index contributed by atoms with van der Waals surface area (Å²) in [6, 6.07) is 8.99. The average Bonchev–Trinajstić information content (AvgIpc) is 2.30. The first-order valence-corrected chi connectivity index (χ1v) is 6.74. The van der Waals surface area contributed by atoms with Crippen LogP contribution in [0.3, 0.4) is 0 Å². The SMILES string of the molecule is CC1CC2(CCCCC2)[NH2+]c2ccccc21. The lowest BCUT2D eigenvalue weighted by molar-refractivity contribution is -0.665. The molecule has 1 aromatic rings. The molecular formula is C15H22N+. The van der Waals surface area contributed by atoms with Gasteiger partial charge in [-0.3, -0.25) is 0 Å². The van der Waals surface area contributed by atoms with Gasteiger partial charge in [0.1, 0.15) is 11.2 Å². The highest BCUT2D eigenvalue weighted by atomic mass is 15.0. The molecule has 0 saturated heterocycles. The van der Waals surface area contributed by atoms with Crippen LogP contribution in [-0.4, -0.2) is 5.54 Å². The Labute approximate surface area is 98.3 Å². The summed E-state index contributed by atoms with van der Waals surface area (Å²) in [4.78, 5) is 0. The Bertz CT molecular complexity index is 377. The molecule has 1 spiro atoms. The molecule has 1 aliphatic carbocycles. The van der Waals surface area contributed by atoms with Crippen LogP contribution in [0.5, 0.6) is 0 Å². The van der Waals surface area contributed by atoms with Crippen LogP contribution in [0.1, 0.15) is 56.9 Å². The quantitative estimate of drug-likeness (QED) is 0.642. The van der Waals surface area contributed by atoms with Crippen molar-refractivity contribution in [1.29, 1.82) is 0 Å². The minimum Gasteiger partial charge on any atom is -0.309 e. The van der Waals surface area contributed by atoms with Crippen LogP contribution in [0.15, 0.2) is 24.3 Å². The predicted octanol–water partition coefficient (Wildman–Crippen LogP) is 3.09. The number of para-hydroxylation sites is 1. The van der Waals surface area contributed by atoms with Crippen LogP contribution in [0.4, 0.5) is 5.69 Å². The Balaban J connectivity index is 1.93. The lowest BCUT2D eigenvalue weighted by Gasteiger charge is -2.40. The average molecular weight is 216 g/mol. The molecule has 1 unspecified atom stereocenters. The molecule has 1 atom stereocenters. The fourth-order valence-corrected chi connectivity index (χ4v) is 3.80. The second-order valence-electron chi connectivity index (χ2n) is 5.80. The van der Waals surface area contributed by atoms with Gasteiger partial charge in [-0.15, -0.1) is 0 Å². The molecule has 1 heterocycles. The van der Waals surface area contributed by atoms with Gasteiger partial charge >= 0.3 is 0 Å². The summed E-state index contributed by atoms with van der Waals surface area (Å²) >= 11 is 0. The second kappa shape index (κ2) is 3.89. The summed E-state index contributed by atoms with van der Waals surface area (Å²) in [6.45, 7) is 2.40. The zero-order valence-corrected chi connectivity index (χ0v) is 10.2. The highest BCUT2D eigenvalue weighted by Crippen LogP contribution is 2.39. The highest BCUT2D eigenvalue weighted by molar-refractivity contribution is 5.43. The van der Waals surface area contributed by atoms with E-state index in [4.69, 9.17) is 0 Å². The van der Waals surface area contributed by atoms with Gasteiger partial charge in [-0.05, 0) is 24.8 Å². The van der Waals surface area contributed by atoms with Gasteiger partial charge in [-0.2, -0.15) is 0 Å². The molecule has 86 valence electrons. The minimum atomic E-state index is 0.548. The Morgan fingerprint density at radius 1 is 1.12 bits per heavy atom. The molecule has 1 heteroatoms. The van der Waals surface area contributed by atoms with Crippen molar-refractivity contribution in [3.05, 3.63) is 29.8 Å². The molecule has 1 aliphatic heterocycles. The van der Waals surface area contributed by atoms with Crippen LogP contribution >= 0.6 is 0 Å². The van der Waals surface area contributed by atoms with Crippen molar-refractivity contribution in [3.8, 4) is 0 Å². The summed E-state index contributed by atoms with van der Waals surface area (Å²) in [5.74, 6) is 0.749. The minimum absolute atomic E-state index is 0.548.